The van der Waals surface area contributed by atoms with E-state index in [-0.39, 0.29) is 28.5 Å². The molecule has 0 aliphatic heterocycles. The standard InChI is InChI=1S/C14H10N2O5/c1-6(2)11-10-13(18)12(17)9-5-7(16(19)20)3-4-8(9)14(10)21-15-11/h3-6H,1-2H3. The molecule has 3 rings (SSSR count). The second-order valence-electron chi connectivity index (χ2n) is 5.07. The first-order valence-corrected chi connectivity index (χ1v) is 6.29. The van der Waals surface area contributed by atoms with E-state index in [0.717, 1.165) is 6.07 Å². The highest BCUT2D eigenvalue weighted by molar-refractivity contribution is 6.53. The Morgan fingerprint density at radius 2 is 1.90 bits per heavy atom. The summed E-state index contributed by atoms with van der Waals surface area (Å²) in [5, 5.41) is 14.6. The molecule has 0 bridgehead atoms. The van der Waals surface area contributed by atoms with E-state index >= 15 is 0 Å². The third-order valence-corrected chi connectivity index (χ3v) is 3.40. The molecule has 0 unspecified atom stereocenters. The van der Waals surface area contributed by atoms with E-state index < -0.39 is 16.5 Å². The molecule has 0 saturated heterocycles. The lowest BCUT2D eigenvalue weighted by atomic mass is 9.85. The lowest BCUT2D eigenvalue weighted by molar-refractivity contribution is -0.384. The summed E-state index contributed by atoms with van der Waals surface area (Å²) in [6.45, 7) is 3.67. The van der Waals surface area contributed by atoms with Crippen molar-refractivity contribution >= 4 is 17.3 Å². The number of carbonyl (C=O) groups is 2. The molecule has 0 atom stereocenters. The van der Waals surface area contributed by atoms with Crippen molar-refractivity contribution in [2.24, 2.45) is 0 Å². The molecular weight excluding hydrogens is 276 g/mol. The summed E-state index contributed by atoms with van der Waals surface area (Å²) in [5.41, 5.74) is 0.679. The van der Waals surface area contributed by atoms with Gasteiger partial charge in [0, 0.05) is 23.3 Å². The molecule has 1 aromatic carbocycles. The van der Waals surface area contributed by atoms with Gasteiger partial charge in [-0.1, -0.05) is 19.0 Å². The highest BCUT2D eigenvalue weighted by Crippen LogP contribution is 2.38. The number of nitro benzene ring substituents is 1. The molecule has 0 amide bonds. The van der Waals surface area contributed by atoms with Crippen LogP contribution < -0.4 is 0 Å². The van der Waals surface area contributed by atoms with Gasteiger partial charge in [-0.25, -0.2) is 0 Å². The molecule has 0 N–H and O–H groups in total. The van der Waals surface area contributed by atoms with Gasteiger partial charge in [0.1, 0.15) is 0 Å². The first-order chi connectivity index (χ1) is 9.91. The molecule has 7 heteroatoms. The van der Waals surface area contributed by atoms with E-state index in [1.807, 2.05) is 13.8 Å². The Labute approximate surface area is 118 Å². The molecule has 1 aliphatic carbocycles. The van der Waals surface area contributed by atoms with Crippen molar-refractivity contribution < 1.29 is 19.0 Å². The van der Waals surface area contributed by atoms with Crippen molar-refractivity contribution in [1.82, 2.24) is 5.16 Å². The van der Waals surface area contributed by atoms with Crippen molar-refractivity contribution in [3.8, 4) is 11.3 Å². The minimum Gasteiger partial charge on any atom is -0.355 e. The number of fused-ring (bicyclic) bond motifs is 3. The average molecular weight is 286 g/mol. The van der Waals surface area contributed by atoms with E-state index in [2.05, 4.69) is 5.16 Å². The third-order valence-electron chi connectivity index (χ3n) is 3.40. The van der Waals surface area contributed by atoms with Crippen LogP contribution >= 0.6 is 0 Å². The van der Waals surface area contributed by atoms with Gasteiger partial charge in [-0.2, -0.15) is 0 Å². The Bertz CT molecular complexity index is 804. The third kappa shape index (κ3) is 1.78. The van der Waals surface area contributed by atoms with Crippen molar-refractivity contribution in [3.05, 3.63) is 45.1 Å². The lowest BCUT2D eigenvalue weighted by Crippen LogP contribution is -2.21. The van der Waals surface area contributed by atoms with Crippen LogP contribution in [0, 0.1) is 10.1 Å². The predicted molar refractivity (Wildman–Crippen MR) is 71.3 cm³/mol. The summed E-state index contributed by atoms with van der Waals surface area (Å²) >= 11 is 0. The molecule has 7 nitrogen and oxygen atoms in total. The van der Waals surface area contributed by atoms with Crippen LogP contribution in [-0.2, 0) is 0 Å². The molecule has 1 heterocycles. The Balaban J connectivity index is 2.29. The Morgan fingerprint density at radius 3 is 2.52 bits per heavy atom. The van der Waals surface area contributed by atoms with Crippen LogP contribution in [0.3, 0.4) is 0 Å². The number of nitro groups is 1. The number of benzene rings is 1. The summed E-state index contributed by atoms with van der Waals surface area (Å²) in [5.74, 6) is -1.38. The van der Waals surface area contributed by atoms with Gasteiger partial charge >= 0.3 is 0 Å². The Morgan fingerprint density at radius 1 is 1.19 bits per heavy atom. The number of hydrogen-bond acceptors (Lipinski definition) is 6. The van der Waals surface area contributed by atoms with Gasteiger partial charge in [0.05, 0.1) is 16.2 Å². The number of aromatic nitrogens is 1. The van der Waals surface area contributed by atoms with Crippen LogP contribution in [0.15, 0.2) is 22.7 Å². The van der Waals surface area contributed by atoms with Crippen molar-refractivity contribution in [1.29, 1.82) is 0 Å². The van der Waals surface area contributed by atoms with Gasteiger partial charge in [0.2, 0.25) is 11.6 Å². The summed E-state index contributed by atoms with van der Waals surface area (Å²) < 4.78 is 5.20. The molecule has 2 aromatic rings. The van der Waals surface area contributed by atoms with Gasteiger partial charge in [-0.05, 0) is 12.0 Å². The topological polar surface area (TPSA) is 103 Å². The molecule has 0 spiro atoms. The second kappa shape index (κ2) is 4.34. The van der Waals surface area contributed by atoms with Crippen LogP contribution in [0.25, 0.3) is 11.3 Å². The molecular formula is C14H10N2O5. The molecule has 21 heavy (non-hydrogen) atoms. The molecule has 1 aliphatic rings. The summed E-state index contributed by atoms with van der Waals surface area (Å²) in [4.78, 5) is 34.6. The fraction of sp³-hybridized carbons (Fsp3) is 0.214. The number of carbonyl (C=O) groups excluding carboxylic acids is 2. The second-order valence-corrected chi connectivity index (χ2v) is 5.07. The van der Waals surface area contributed by atoms with Gasteiger partial charge in [-0.3, -0.25) is 19.7 Å². The van der Waals surface area contributed by atoms with Crippen LogP contribution in [0.1, 0.15) is 46.2 Å². The first-order valence-electron chi connectivity index (χ1n) is 6.29. The minimum absolute atomic E-state index is 0.0202. The predicted octanol–water partition coefficient (Wildman–Crippen LogP) is 2.75. The molecule has 106 valence electrons. The van der Waals surface area contributed by atoms with E-state index in [1.165, 1.54) is 12.1 Å². The normalized spacial score (nSPS) is 13.3. The number of rotatable bonds is 2. The fourth-order valence-corrected chi connectivity index (χ4v) is 2.37. The van der Waals surface area contributed by atoms with E-state index in [4.69, 9.17) is 4.52 Å². The zero-order valence-electron chi connectivity index (χ0n) is 11.2. The fourth-order valence-electron chi connectivity index (χ4n) is 2.37. The van der Waals surface area contributed by atoms with E-state index in [9.17, 15) is 19.7 Å². The minimum atomic E-state index is -0.772. The quantitative estimate of drug-likeness (QED) is 0.477. The van der Waals surface area contributed by atoms with Gasteiger partial charge in [-0.15, -0.1) is 0 Å². The van der Waals surface area contributed by atoms with Crippen LogP contribution in [0.4, 0.5) is 5.69 Å². The smallest absolute Gasteiger partial charge is 0.270 e. The largest absolute Gasteiger partial charge is 0.355 e. The zero-order chi connectivity index (χ0) is 15.3. The van der Waals surface area contributed by atoms with Crippen molar-refractivity contribution in [3.63, 3.8) is 0 Å². The van der Waals surface area contributed by atoms with Crippen LogP contribution in [-0.4, -0.2) is 21.6 Å². The maximum Gasteiger partial charge on any atom is 0.270 e. The van der Waals surface area contributed by atoms with Gasteiger partial charge in [0.15, 0.2) is 5.76 Å². The summed E-state index contributed by atoms with van der Waals surface area (Å²) in [7, 11) is 0. The number of nitrogens with zero attached hydrogens (tertiary/aromatic N) is 2. The monoisotopic (exact) mass is 286 g/mol. The summed E-state index contributed by atoms with van der Waals surface area (Å²) in [6, 6.07) is 3.77. The van der Waals surface area contributed by atoms with Crippen LogP contribution in [0.2, 0.25) is 0 Å². The van der Waals surface area contributed by atoms with Gasteiger partial charge < -0.3 is 4.52 Å². The Kier molecular flexibility index (Phi) is 2.72. The van der Waals surface area contributed by atoms with Crippen LogP contribution in [0.5, 0.6) is 0 Å². The number of hydrogen-bond donors (Lipinski definition) is 0. The Hall–Kier alpha value is -2.83. The molecule has 0 saturated carbocycles. The highest BCUT2D eigenvalue weighted by atomic mass is 16.6. The first kappa shape index (κ1) is 13.2. The highest BCUT2D eigenvalue weighted by Gasteiger charge is 2.38. The maximum absolute atomic E-state index is 12.2. The zero-order valence-corrected chi connectivity index (χ0v) is 11.2. The molecule has 0 fully saturated rings. The van der Waals surface area contributed by atoms with Crippen molar-refractivity contribution in [2.45, 2.75) is 19.8 Å². The maximum atomic E-state index is 12.2. The molecule has 1 aromatic heterocycles. The number of non-ortho nitro benzene ring substituents is 1. The summed E-state index contributed by atoms with van der Waals surface area (Å²) in [6.07, 6.45) is 0. The number of Topliss-reactive ketones (excluding diaryl/α,β-unsaturated/α-hetero) is 2. The van der Waals surface area contributed by atoms with Gasteiger partial charge in [0.25, 0.3) is 5.69 Å². The molecule has 0 radical (unpaired) electrons. The number of ketones is 2. The van der Waals surface area contributed by atoms with E-state index in [1.54, 1.807) is 0 Å². The average Bonchev–Trinajstić information content (AvgIpc) is 2.89. The van der Waals surface area contributed by atoms with Crippen molar-refractivity contribution in [2.75, 3.05) is 0 Å². The SMILES string of the molecule is CC(C)c1noc2c1C(=O)C(=O)c1cc([N+](=O)[O-])ccc1-2. The van der Waals surface area contributed by atoms with E-state index in [0.29, 0.717) is 11.3 Å². The lowest BCUT2D eigenvalue weighted by Gasteiger charge is -2.13.